The monoisotopic (exact) mass is 198 g/mol. The largest absolute Gasteiger partial charge is 0.360 e. The van der Waals surface area contributed by atoms with Crippen LogP contribution < -0.4 is 5.32 Å². The van der Waals surface area contributed by atoms with Gasteiger partial charge in [-0.1, -0.05) is 0 Å². The van der Waals surface area contributed by atoms with Crippen molar-refractivity contribution in [2.24, 2.45) is 0 Å². The second kappa shape index (κ2) is 3.80. The average Bonchev–Trinajstić information content (AvgIpc) is 2.59. The summed E-state index contributed by atoms with van der Waals surface area (Å²) < 4.78 is 5.82. The number of nitrogens with zero attached hydrogens (tertiary/aromatic N) is 1. The molecule has 0 amide bonds. The fraction of sp³-hybridized carbons (Fsp3) is 1.00. The topological polar surface area (TPSA) is 24.5 Å². The van der Waals surface area contributed by atoms with Crippen LogP contribution in [0.4, 0.5) is 0 Å². The van der Waals surface area contributed by atoms with Gasteiger partial charge in [-0.3, -0.25) is 4.90 Å². The second-order valence-electron chi connectivity index (χ2n) is 5.40. The van der Waals surface area contributed by atoms with Crippen LogP contribution in [-0.2, 0) is 4.74 Å². The van der Waals surface area contributed by atoms with Crippen LogP contribution in [0.5, 0.6) is 0 Å². The molecule has 1 N–H and O–H groups in total. The predicted molar refractivity (Wildman–Crippen MR) is 57.2 cm³/mol. The van der Waals surface area contributed by atoms with Gasteiger partial charge in [-0.2, -0.15) is 0 Å². The molecule has 2 saturated heterocycles. The van der Waals surface area contributed by atoms with E-state index in [1.807, 2.05) is 0 Å². The van der Waals surface area contributed by atoms with Gasteiger partial charge in [0.2, 0.25) is 0 Å². The molecule has 2 rings (SSSR count). The first kappa shape index (κ1) is 10.4. The zero-order chi connectivity index (χ0) is 10.2. The Hall–Kier alpha value is -0.120. The normalized spacial score (nSPS) is 33.6. The average molecular weight is 198 g/mol. The van der Waals surface area contributed by atoms with Gasteiger partial charge in [0.25, 0.3) is 0 Å². The lowest BCUT2D eigenvalue weighted by molar-refractivity contribution is -0.0668. The maximum Gasteiger partial charge on any atom is 0.1000 e. The van der Waals surface area contributed by atoms with E-state index in [2.05, 4.69) is 31.0 Å². The lowest BCUT2D eigenvalue weighted by Crippen LogP contribution is -2.38. The molecule has 2 heterocycles. The van der Waals surface area contributed by atoms with E-state index < -0.39 is 0 Å². The number of hydrogen-bond acceptors (Lipinski definition) is 3. The highest BCUT2D eigenvalue weighted by Crippen LogP contribution is 2.25. The maximum atomic E-state index is 5.82. The maximum absolute atomic E-state index is 5.82. The summed E-state index contributed by atoms with van der Waals surface area (Å²) in [4.78, 5) is 2.48. The summed E-state index contributed by atoms with van der Waals surface area (Å²) in [5.74, 6) is 0. The van der Waals surface area contributed by atoms with Crippen LogP contribution in [0.2, 0.25) is 0 Å². The molecular formula is C11H22N2O. The molecule has 3 nitrogen and oxygen atoms in total. The van der Waals surface area contributed by atoms with Crippen molar-refractivity contribution in [2.75, 3.05) is 19.8 Å². The molecule has 2 aliphatic rings. The van der Waals surface area contributed by atoms with E-state index in [0.29, 0.717) is 0 Å². The molecule has 2 aliphatic heterocycles. The van der Waals surface area contributed by atoms with Crippen LogP contribution >= 0.6 is 0 Å². The summed E-state index contributed by atoms with van der Waals surface area (Å²) >= 11 is 0. The first-order chi connectivity index (χ1) is 6.56. The van der Waals surface area contributed by atoms with Crippen molar-refractivity contribution in [2.45, 2.75) is 51.3 Å². The van der Waals surface area contributed by atoms with Gasteiger partial charge in [0.15, 0.2) is 0 Å². The van der Waals surface area contributed by atoms with E-state index in [4.69, 9.17) is 4.74 Å². The van der Waals surface area contributed by atoms with Crippen molar-refractivity contribution < 1.29 is 4.74 Å². The van der Waals surface area contributed by atoms with Crippen molar-refractivity contribution in [1.29, 1.82) is 0 Å². The standard InChI is InChI=1S/C11H22N2O/c1-11(2,3)14-8-13-7-5-9-10(13)4-6-12-9/h9-10,12H,4-8H2,1-3H3. The van der Waals surface area contributed by atoms with E-state index in [-0.39, 0.29) is 5.60 Å². The quantitative estimate of drug-likeness (QED) is 0.721. The van der Waals surface area contributed by atoms with Crippen molar-refractivity contribution in [1.82, 2.24) is 10.2 Å². The minimum Gasteiger partial charge on any atom is -0.360 e. The number of hydrogen-bond donors (Lipinski definition) is 1. The van der Waals surface area contributed by atoms with Gasteiger partial charge in [-0.05, 0) is 40.2 Å². The van der Waals surface area contributed by atoms with Crippen LogP contribution in [0.25, 0.3) is 0 Å². The minimum atomic E-state index is -0.00980. The van der Waals surface area contributed by atoms with Crippen molar-refractivity contribution in [3.8, 4) is 0 Å². The molecule has 82 valence electrons. The molecule has 2 atom stereocenters. The predicted octanol–water partition coefficient (Wildman–Crippen LogP) is 1.20. The summed E-state index contributed by atoms with van der Waals surface area (Å²) in [6.45, 7) is 9.53. The molecule has 0 aromatic rings. The highest BCUT2D eigenvalue weighted by molar-refractivity contribution is 4.96. The van der Waals surface area contributed by atoms with Crippen molar-refractivity contribution in [3.05, 3.63) is 0 Å². The van der Waals surface area contributed by atoms with E-state index in [1.165, 1.54) is 25.9 Å². The van der Waals surface area contributed by atoms with Gasteiger partial charge >= 0.3 is 0 Å². The number of nitrogens with one attached hydrogen (secondary N) is 1. The fourth-order valence-corrected chi connectivity index (χ4v) is 2.39. The first-order valence-corrected chi connectivity index (χ1v) is 5.68. The Morgan fingerprint density at radius 2 is 2.14 bits per heavy atom. The van der Waals surface area contributed by atoms with Crippen LogP contribution in [0.3, 0.4) is 0 Å². The summed E-state index contributed by atoms with van der Waals surface area (Å²) in [7, 11) is 0. The Morgan fingerprint density at radius 1 is 1.36 bits per heavy atom. The highest BCUT2D eigenvalue weighted by Gasteiger charge is 2.37. The zero-order valence-corrected chi connectivity index (χ0v) is 9.55. The molecule has 0 aromatic carbocycles. The van der Waals surface area contributed by atoms with E-state index in [0.717, 1.165) is 18.8 Å². The second-order valence-corrected chi connectivity index (χ2v) is 5.40. The third-order valence-corrected chi connectivity index (χ3v) is 3.17. The fourth-order valence-electron chi connectivity index (χ4n) is 2.39. The molecular weight excluding hydrogens is 176 g/mol. The summed E-state index contributed by atoms with van der Waals surface area (Å²) in [5, 5.41) is 3.55. The third-order valence-electron chi connectivity index (χ3n) is 3.17. The Labute approximate surface area is 86.8 Å². The summed E-state index contributed by atoms with van der Waals surface area (Å²) in [6, 6.07) is 1.47. The Kier molecular flexibility index (Phi) is 2.82. The molecule has 0 bridgehead atoms. The number of likely N-dealkylation sites (tertiary alicyclic amines) is 1. The Bertz CT molecular complexity index is 200. The number of ether oxygens (including phenoxy) is 1. The van der Waals surface area contributed by atoms with Gasteiger partial charge in [-0.15, -0.1) is 0 Å². The third kappa shape index (κ3) is 2.27. The van der Waals surface area contributed by atoms with E-state index in [1.54, 1.807) is 0 Å². The van der Waals surface area contributed by atoms with Crippen molar-refractivity contribution >= 4 is 0 Å². The Balaban J connectivity index is 1.81. The van der Waals surface area contributed by atoms with Crippen LogP contribution in [0.1, 0.15) is 33.6 Å². The lowest BCUT2D eigenvalue weighted by atomic mass is 10.1. The van der Waals surface area contributed by atoms with Gasteiger partial charge in [-0.25, -0.2) is 0 Å². The van der Waals surface area contributed by atoms with E-state index in [9.17, 15) is 0 Å². The Morgan fingerprint density at radius 3 is 2.86 bits per heavy atom. The molecule has 0 saturated carbocycles. The molecule has 0 aromatic heterocycles. The molecule has 14 heavy (non-hydrogen) atoms. The van der Waals surface area contributed by atoms with Crippen molar-refractivity contribution in [3.63, 3.8) is 0 Å². The summed E-state index contributed by atoms with van der Waals surface area (Å²) in [5.41, 5.74) is -0.00980. The lowest BCUT2D eigenvalue weighted by Gasteiger charge is -2.28. The van der Waals surface area contributed by atoms with Crippen LogP contribution in [0, 0.1) is 0 Å². The number of rotatable bonds is 2. The smallest absolute Gasteiger partial charge is 0.1000 e. The van der Waals surface area contributed by atoms with Gasteiger partial charge in [0.05, 0.1) is 12.3 Å². The summed E-state index contributed by atoms with van der Waals surface area (Å²) in [6.07, 6.45) is 2.58. The van der Waals surface area contributed by atoms with Gasteiger partial charge < -0.3 is 10.1 Å². The minimum absolute atomic E-state index is 0.00980. The zero-order valence-electron chi connectivity index (χ0n) is 9.55. The van der Waals surface area contributed by atoms with Gasteiger partial charge in [0.1, 0.15) is 0 Å². The first-order valence-electron chi connectivity index (χ1n) is 5.68. The molecule has 2 fully saturated rings. The molecule has 0 spiro atoms. The van der Waals surface area contributed by atoms with Crippen LogP contribution in [-0.4, -0.2) is 42.4 Å². The van der Waals surface area contributed by atoms with Crippen LogP contribution in [0.15, 0.2) is 0 Å². The molecule has 2 unspecified atom stereocenters. The van der Waals surface area contributed by atoms with E-state index >= 15 is 0 Å². The molecule has 3 heteroatoms. The molecule has 0 aliphatic carbocycles. The molecule has 0 radical (unpaired) electrons. The van der Waals surface area contributed by atoms with Gasteiger partial charge in [0, 0.05) is 18.6 Å². The highest BCUT2D eigenvalue weighted by atomic mass is 16.5. The SMILES string of the molecule is CC(C)(C)OCN1CCC2NCCC21. The number of fused-ring (bicyclic) bond motifs is 1.